The number of ether oxygens (including phenoxy) is 1. The van der Waals surface area contributed by atoms with Gasteiger partial charge in [-0.15, -0.1) is 0 Å². The van der Waals surface area contributed by atoms with E-state index in [-0.39, 0.29) is 0 Å². The van der Waals surface area contributed by atoms with Crippen molar-refractivity contribution in [1.82, 2.24) is 15.8 Å². The highest BCUT2D eigenvalue weighted by molar-refractivity contribution is 7.80. The second-order valence-electron chi connectivity index (χ2n) is 5.68. The van der Waals surface area contributed by atoms with Crippen molar-refractivity contribution in [2.24, 2.45) is 0 Å². The third kappa shape index (κ3) is 4.58. The van der Waals surface area contributed by atoms with Crippen molar-refractivity contribution in [3.05, 3.63) is 29.8 Å². The number of hydrazine groups is 1. The molecule has 1 aromatic carbocycles. The Bertz CT molecular complexity index is 453. The highest BCUT2D eigenvalue weighted by Gasteiger charge is 2.25. The molecule has 1 heterocycles. The van der Waals surface area contributed by atoms with Crippen molar-refractivity contribution < 1.29 is 4.74 Å². The van der Waals surface area contributed by atoms with E-state index in [1.807, 2.05) is 24.3 Å². The van der Waals surface area contributed by atoms with Gasteiger partial charge in [0.1, 0.15) is 5.75 Å². The van der Waals surface area contributed by atoms with E-state index in [4.69, 9.17) is 17.0 Å². The Kier molecular flexibility index (Phi) is 5.82. The molecule has 0 aliphatic carbocycles. The third-order valence-corrected chi connectivity index (χ3v) is 4.27. The van der Waals surface area contributed by atoms with Gasteiger partial charge in [-0.05, 0) is 56.6 Å². The summed E-state index contributed by atoms with van der Waals surface area (Å²) in [7, 11) is 1.67. The van der Waals surface area contributed by atoms with Crippen LogP contribution < -0.4 is 15.5 Å². The van der Waals surface area contributed by atoms with Crippen LogP contribution in [0.5, 0.6) is 5.75 Å². The van der Waals surface area contributed by atoms with E-state index in [2.05, 4.69) is 29.6 Å². The Morgan fingerprint density at radius 2 is 1.86 bits per heavy atom. The molecule has 2 rings (SSSR count). The summed E-state index contributed by atoms with van der Waals surface area (Å²) in [5.41, 5.74) is 4.52. The molecule has 4 nitrogen and oxygen atoms in total. The van der Waals surface area contributed by atoms with E-state index in [0.717, 1.165) is 5.75 Å². The fourth-order valence-electron chi connectivity index (χ4n) is 2.72. The molecule has 1 aromatic rings. The highest BCUT2D eigenvalue weighted by Crippen LogP contribution is 2.20. The molecule has 0 bridgehead atoms. The maximum Gasteiger partial charge on any atom is 0.181 e. The van der Waals surface area contributed by atoms with E-state index in [0.29, 0.717) is 23.7 Å². The smallest absolute Gasteiger partial charge is 0.181 e. The van der Waals surface area contributed by atoms with Crippen LogP contribution in [0.4, 0.5) is 0 Å². The quantitative estimate of drug-likeness (QED) is 0.837. The van der Waals surface area contributed by atoms with Crippen LogP contribution in [-0.4, -0.2) is 29.3 Å². The van der Waals surface area contributed by atoms with Gasteiger partial charge in [-0.3, -0.25) is 5.43 Å². The molecule has 2 atom stereocenters. The van der Waals surface area contributed by atoms with Crippen LogP contribution in [-0.2, 0) is 6.54 Å². The summed E-state index contributed by atoms with van der Waals surface area (Å²) in [4.78, 5) is 0. The molecule has 116 valence electrons. The van der Waals surface area contributed by atoms with Crippen LogP contribution in [0.3, 0.4) is 0 Å². The van der Waals surface area contributed by atoms with Crippen molar-refractivity contribution in [1.29, 1.82) is 0 Å². The number of nitrogens with zero attached hydrogens (tertiary/aromatic N) is 1. The van der Waals surface area contributed by atoms with Crippen molar-refractivity contribution in [2.75, 3.05) is 7.11 Å². The van der Waals surface area contributed by atoms with Crippen LogP contribution in [0.1, 0.15) is 38.7 Å². The molecule has 0 aromatic heterocycles. The Balaban J connectivity index is 1.81. The Morgan fingerprint density at radius 3 is 2.43 bits per heavy atom. The summed E-state index contributed by atoms with van der Waals surface area (Å²) in [6.07, 6.45) is 3.74. The van der Waals surface area contributed by atoms with E-state index in [1.165, 1.54) is 24.8 Å². The van der Waals surface area contributed by atoms with Crippen LogP contribution in [0.15, 0.2) is 24.3 Å². The molecule has 1 aliphatic heterocycles. The summed E-state index contributed by atoms with van der Waals surface area (Å²) in [5, 5.41) is 6.22. The lowest BCUT2D eigenvalue weighted by Gasteiger charge is -2.39. The lowest BCUT2D eigenvalue weighted by atomic mass is 10.00. The van der Waals surface area contributed by atoms with Gasteiger partial charge in [0.2, 0.25) is 0 Å². The highest BCUT2D eigenvalue weighted by atomic mass is 32.1. The lowest BCUT2D eigenvalue weighted by molar-refractivity contribution is 0.0736. The monoisotopic (exact) mass is 307 g/mol. The first kappa shape index (κ1) is 16.0. The maximum absolute atomic E-state index is 5.40. The zero-order valence-electron chi connectivity index (χ0n) is 13.1. The molecule has 5 heteroatoms. The summed E-state index contributed by atoms with van der Waals surface area (Å²) in [6, 6.07) is 9.05. The predicted octanol–water partition coefficient (Wildman–Crippen LogP) is 2.84. The number of benzene rings is 1. The van der Waals surface area contributed by atoms with Gasteiger partial charge >= 0.3 is 0 Å². The Hall–Kier alpha value is -1.33. The van der Waals surface area contributed by atoms with Gasteiger partial charge in [-0.1, -0.05) is 18.6 Å². The van der Waals surface area contributed by atoms with E-state index in [1.54, 1.807) is 7.11 Å². The topological polar surface area (TPSA) is 36.5 Å². The minimum atomic E-state index is 0.523. The van der Waals surface area contributed by atoms with E-state index in [9.17, 15) is 0 Å². The van der Waals surface area contributed by atoms with Crippen LogP contribution >= 0.6 is 12.2 Å². The number of thiocarbonyl (C=S) groups is 1. The largest absolute Gasteiger partial charge is 0.497 e. The molecule has 0 amide bonds. The van der Waals surface area contributed by atoms with Gasteiger partial charge in [0.05, 0.1) is 7.11 Å². The normalized spacial score (nSPS) is 22.6. The van der Waals surface area contributed by atoms with Crippen LogP contribution in [0.25, 0.3) is 0 Å². The SMILES string of the molecule is COc1ccc(CNC(=S)NN2[C@H](C)CCC[C@H]2C)cc1. The Labute approximate surface area is 132 Å². The predicted molar refractivity (Wildman–Crippen MR) is 90.2 cm³/mol. The first-order chi connectivity index (χ1) is 10.1. The molecular formula is C16H25N3OS. The van der Waals surface area contributed by atoms with Gasteiger partial charge in [0.15, 0.2) is 5.11 Å². The summed E-state index contributed by atoms with van der Waals surface area (Å²) in [5.74, 6) is 0.871. The number of rotatable bonds is 4. The van der Waals surface area contributed by atoms with Crippen molar-refractivity contribution >= 4 is 17.3 Å². The summed E-state index contributed by atoms with van der Waals surface area (Å²) < 4.78 is 5.15. The maximum atomic E-state index is 5.40. The van der Waals surface area contributed by atoms with E-state index >= 15 is 0 Å². The molecule has 21 heavy (non-hydrogen) atoms. The van der Waals surface area contributed by atoms with Gasteiger partial charge < -0.3 is 10.1 Å². The fraction of sp³-hybridized carbons (Fsp3) is 0.562. The van der Waals surface area contributed by atoms with Crippen molar-refractivity contribution in [3.8, 4) is 5.75 Å². The van der Waals surface area contributed by atoms with Crippen LogP contribution in [0, 0.1) is 0 Å². The first-order valence-corrected chi connectivity index (χ1v) is 7.96. The standard InChI is InChI=1S/C16H25N3OS/c1-12-5-4-6-13(2)19(12)18-16(21)17-11-14-7-9-15(20-3)10-8-14/h7-10,12-13H,4-6,11H2,1-3H3,(H2,17,18,21)/t12-,13-/m1/s1. The van der Waals surface area contributed by atoms with Crippen LogP contribution in [0.2, 0.25) is 0 Å². The Morgan fingerprint density at radius 1 is 1.24 bits per heavy atom. The zero-order chi connectivity index (χ0) is 15.2. The second-order valence-corrected chi connectivity index (χ2v) is 6.09. The van der Waals surface area contributed by atoms with Crippen molar-refractivity contribution in [3.63, 3.8) is 0 Å². The van der Waals surface area contributed by atoms with Gasteiger partial charge in [-0.2, -0.15) is 0 Å². The van der Waals surface area contributed by atoms with Crippen molar-refractivity contribution in [2.45, 2.75) is 51.7 Å². The lowest BCUT2D eigenvalue weighted by Crippen LogP contribution is -2.56. The molecular weight excluding hydrogens is 282 g/mol. The molecule has 1 aliphatic rings. The molecule has 1 saturated heterocycles. The molecule has 0 saturated carbocycles. The summed E-state index contributed by atoms with van der Waals surface area (Å²) in [6.45, 7) is 5.20. The number of piperidine rings is 1. The second kappa shape index (κ2) is 7.61. The minimum absolute atomic E-state index is 0.523. The first-order valence-electron chi connectivity index (χ1n) is 7.56. The summed E-state index contributed by atoms with van der Waals surface area (Å²) >= 11 is 5.40. The molecule has 1 fully saturated rings. The van der Waals surface area contributed by atoms with Gasteiger partial charge in [0, 0.05) is 18.6 Å². The van der Waals surface area contributed by atoms with E-state index < -0.39 is 0 Å². The number of hydrogen-bond acceptors (Lipinski definition) is 3. The zero-order valence-corrected chi connectivity index (χ0v) is 13.9. The molecule has 0 unspecified atom stereocenters. The minimum Gasteiger partial charge on any atom is -0.497 e. The van der Waals surface area contributed by atoms with Gasteiger partial charge in [-0.25, -0.2) is 5.01 Å². The average Bonchev–Trinajstić information content (AvgIpc) is 2.49. The number of methoxy groups -OCH3 is 1. The molecule has 2 N–H and O–H groups in total. The fourth-order valence-corrected chi connectivity index (χ4v) is 2.90. The third-order valence-electron chi connectivity index (χ3n) is 4.04. The number of nitrogens with one attached hydrogen (secondary N) is 2. The molecule has 0 spiro atoms. The average molecular weight is 307 g/mol. The molecule has 0 radical (unpaired) electrons. The number of hydrogen-bond donors (Lipinski definition) is 2. The van der Waals surface area contributed by atoms with Gasteiger partial charge in [0.25, 0.3) is 0 Å².